The average molecular weight is 196 g/mol. The second kappa shape index (κ2) is 4.30. The van der Waals surface area contributed by atoms with Crippen LogP contribution < -0.4 is 5.73 Å². The van der Waals surface area contributed by atoms with Crippen molar-refractivity contribution in [3.63, 3.8) is 0 Å². The smallest absolute Gasteiger partial charge is 0.225 e. The molecule has 3 heteroatoms. The quantitative estimate of drug-likeness (QED) is 0.715. The molecular weight excluding hydrogens is 176 g/mol. The Balaban J connectivity index is 1.86. The Morgan fingerprint density at radius 2 is 2.00 bits per heavy atom. The molecule has 0 radical (unpaired) electrons. The van der Waals surface area contributed by atoms with E-state index in [2.05, 4.69) is 0 Å². The number of amides is 1. The molecule has 0 aromatic rings. The summed E-state index contributed by atoms with van der Waals surface area (Å²) < 4.78 is 0. The van der Waals surface area contributed by atoms with E-state index in [1.165, 1.54) is 12.8 Å². The van der Waals surface area contributed by atoms with Gasteiger partial charge in [0.15, 0.2) is 0 Å². The van der Waals surface area contributed by atoms with Gasteiger partial charge in [-0.3, -0.25) is 4.79 Å². The largest absolute Gasteiger partial charge is 0.342 e. The number of carbonyl (C=O) groups is 1. The summed E-state index contributed by atoms with van der Waals surface area (Å²) >= 11 is 0. The Hall–Kier alpha value is -0.570. The zero-order chi connectivity index (χ0) is 9.97. The van der Waals surface area contributed by atoms with Gasteiger partial charge in [0.1, 0.15) is 0 Å². The molecule has 2 aliphatic rings. The van der Waals surface area contributed by atoms with Crippen molar-refractivity contribution in [1.82, 2.24) is 4.90 Å². The predicted molar refractivity (Wildman–Crippen MR) is 55.7 cm³/mol. The van der Waals surface area contributed by atoms with Gasteiger partial charge >= 0.3 is 0 Å². The zero-order valence-electron chi connectivity index (χ0n) is 8.74. The fourth-order valence-electron chi connectivity index (χ4n) is 2.66. The lowest BCUT2D eigenvalue weighted by molar-refractivity contribution is -0.134. The summed E-state index contributed by atoms with van der Waals surface area (Å²) in [6.45, 7) is 2.58. The SMILES string of the molecule is NCC1CCN(C(=O)C2CCCC2)C1. The average Bonchev–Trinajstić information content (AvgIpc) is 2.88. The van der Waals surface area contributed by atoms with Gasteiger partial charge in [-0.25, -0.2) is 0 Å². The van der Waals surface area contributed by atoms with E-state index in [0.29, 0.717) is 17.7 Å². The highest BCUT2D eigenvalue weighted by Crippen LogP contribution is 2.28. The summed E-state index contributed by atoms with van der Waals surface area (Å²) in [5, 5.41) is 0. The lowest BCUT2D eigenvalue weighted by Crippen LogP contribution is -2.34. The van der Waals surface area contributed by atoms with Crippen molar-refractivity contribution in [2.45, 2.75) is 32.1 Å². The van der Waals surface area contributed by atoms with Crippen molar-refractivity contribution in [2.24, 2.45) is 17.6 Å². The minimum absolute atomic E-state index is 0.339. The number of rotatable bonds is 2. The van der Waals surface area contributed by atoms with E-state index in [1.54, 1.807) is 0 Å². The summed E-state index contributed by atoms with van der Waals surface area (Å²) in [6, 6.07) is 0. The van der Waals surface area contributed by atoms with Crippen LogP contribution in [0.15, 0.2) is 0 Å². The monoisotopic (exact) mass is 196 g/mol. The van der Waals surface area contributed by atoms with Crippen molar-refractivity contribution in [2.75, 3.05) is 19.6 Å². The van der Waals surface area contributed by atoms with Crippen molar-refractivity contribution >= 4 is 5.91 Å². The minimum Gasteiger partial charge on any atom is -0.342 e. The molecule has 1 atom stereocenters. The van der Waals surface area contributed by atoms with Gasteiger partial charge in [0.2, 0.25) is 5.91 Å². The lowest BCUT2D eigenvalue weighted by Gasteiger charge is -2.20. The first-order valence-electron chi connectivity index (χ1n) is 5.80. The van der Waals surface area contributed by atoms with Gasteiger partial charge in [-0.05, 0) is 31.7 Å². The molecule has 14 heavy (non-hydrogen) atoms. The topological polar surface area (TPSA) is 46.3 Å². The zero-order valence-corrected chi connectivity index (χ0v) is 8.74. The summed E-state index contributed by atoms with van der Waals surface area (Å²) in [6.07, 6.45) is 5.81. The first kappa shape index (κ1) is 9.97. The third-order valence-corrected chi connectivity index (χ3v) is 3.64. The molecule has 1 saturated heterocycles. The summed E-state index contributed by atoms with van der Waals surface area (Å²) in [7, 11) is 0. The van der Waals surface area contributed by atoms with Gasteiger partial charge in [0.05, 0.1) is 0 Å². The number of nitrogens with zero attached hydrogens (tertiary/aromatic N) is 1. The number of carbonyl (C=O) groups excluding carboxylic acids is 1. The van der Waals surface area contributed by atoms with Crippen molar-refractivity contribution in [1.29, 1.82) is 0 Å². The Bertz CT molecular complexity index is 211. The Labute approximate surface area is 85.6 Å². The van der Waals surface area contributed by atoms with Crippen molar-refractivity contribution in [3.05, 3.63) is 0 Å². The van der Waals surface area contributed by atoms with Crippen molar-refractivity contribution < 1.29 is 4.79 Å². The summed E-state index contributed by atoms with van der Waals surface area (Å²) in [5.74, 6) is 1.30. The second-order valence-electron chi connectivity index (χ2n) is 4.66. The molecule has 1 aliphatic heterocycles. The van der Waals surface area contributed by atoms with Crippen LogP contribution in [0.25, 0.3) is 0 Å². The third-order valence-electron chi connectivity index (χ3n) is 3.64. The number of likely N-dealkylation sites (tertiary alicyclic amines) is 1. The fourth-order valence-corrected chi connectivity index (χ4v) is 2.66. The highest BCUT2D eigenvalue weighted by molar-refractivity contribution is 5.79. The molecule has 0 spiro atoms. The van der Waals surface area contributed by atoms with E-state index in [4.69, 9.17) is 5.73 Å². The van der Waals surface area contributed by atoms with E-state index in [9.17, 15) is 4.79 Å². The molecule has 1 heterocycles. The van der Waals surface area contributed by atoms with Crippen LogP contribution in [0.1, 0.15) is 32.1 Å². The number of hydrogen-bond donors (Lipinski definition) is 1. The number of nitrogens with two attached hydrogens (primary N) is 1. The van der Waals surface area contributed by atoms with Gasteiger partial charge in [-0.15, -0.1) is 0 Å². The first-order chi connectivity index (χ1) is 6.81. The van der Waals surface area contributed by atoms with Crippen LogP contribution in [0.4, 0.5) is 0 Å². The van der Waals surface area contributed by atoms with Gasteiger partial charge < -0.3 is 10.6 Å². The van der Waals surface area contributed by atoms with Crippen molar-refractivity contribution in [3.8, 4) is 0 Å². The molecule has 1 saturated carbocycles. The Morgan fingerprint density at radius 3 is 2.57 bits per heavy atom. The van der Waals surface area contributed by atoms with E-state index >= 15 is 0 Å². The van der Waals surface area contributed by atoms with Crippen LogP contribution in [0.5, 0.6) is 0 Å². The summed E-state index contributed by atoms with van der Waals surface area (Å²) in [4.78, 5) is 14.0. The molecule has 2 fully saturated rings. The second-order valence-corrected chi connectivity index (χ2v) is 4.66. The maximum absolute atomic E-state index is 12.0. The molecule has 1 amide bonds. The van der Waals surface area contributed by atoms with Crippen LogP contribution in [0, 0.1) is 11.8 Å². The molecule has 2 N–H and O–H groups in total. The van der Waals surface area contributed by atoms with Crippen LogP contribution in [0.3, 0.4) is 0 Å². The minimum atomic E-state index is 0.339. The predicted octanol–water partition coefficient (Wildman–Crippen LogP) is 0.984. The van der Waals surface area contributed by atoms with E-state index in [0.717, 1.165) is 38.9 Å². The first-order valence-corrected chi connectivity index (χ1v) is 5.80. The van der Waals surface area contributed by atoms with Crippen LogP contribution in [0.2, 0.25) is 0 Å². The standard InChI is InChI=1S/C11H20N2O/c12-7-9-5-6-13(8-9)11(14)10-3-1-2-4-10/h9-10H,1-8,12H2. The third kappa shape index (κ3) is 1.92. The summed E-state index contributed by atoms with van der Waals surface area (Å²) in [5.41, 5.74) is 5.61. The highest BCUT2D eigenvalue weighted by Gasteiger charge is 2.31. The van der Waals surface area contributed by atoms with Crippen LogP contribution >= 0.6 is 0 Å². The number of hydrogen-bond acceptors (Lipinski definition) is 2. The molecule has 0 aromatic carbocycles. The molecule has 1 aliphatic carbocycles. The Morgan fingerprint density at radius 1 is 1.29 bits per heavy atom. The van der Waals surface area contributed by atoms with Crippen LogP contribution in [-0.4, -0.2) is 30.4 Å². The van der Waals surface area contributed by atoms with E-state index in [1.807, 2.05) is 4.90 Å². The Kier molecular flexibility index (Phi) is 3.06. The maximum atomic E-state index is 12.0. The van der Waals surface area contributed by atoms with Gasteiger partial charge in [0.25, 0.3) is 0 Å². The highest BCUT2D eigenvalue weighted by atomic mass is 16.2. The van der Waals surface area contributed by atoms with Gasteiger partial charge in [0, 0.05) is 19.0 Å². The molecule has 80 valence electrons. The molecule has 3 nitrogen and oxygen atoms in total. The van der Waals surface area contributed by atoms with Gasteiger partial charge in [-0.2, -0.15) is 0 Å². The molecular formula is C11H20N2O. The lowest BCUT2D eigenvalue weighted by atomic mass is 10.1. The molecule has 0 bridgehead atoms. The molecule has 0 aromatic heterocycles. The fraction of sp³-hybridized carbons (Fsp3) is 0.909. The van der Waals surface area contributed by atoms with E-state index in [-0.39, 0.29) is 0 Å². The molecule has 2 rings (SSSR count). The van der Waals surface area contributed by atoms with Crippen LogP contribution in [-0.2, 0) is 4.79 Å². The van der Waals surface area contributed by atoms with Gasteiger partial charge in [-0.1, -0.05) is 12.8 Å². The normalized spacial score (nSPS) is 28.6. The maximum Gasteiger partial charge on any atom is 0.225 e. The van der Waals surface area contributed by atoms with E-state index < -0.39 is 0 Å². The molecule has 1 unspecified atom stereocenters.